The fraction of sp³-hybridized carbons (Fsp3) is 0.314. The number of fused-ring (bicyclic) bond motifs is 5. The average Bonchev–Trinajstić information content (AvgIpc) is 3.86. The van der Waals surface area contributed by atoms with Crippen molar-refractivity contribution in [1.82, 2.24) is 10.2 Å². The summed E-state index contributed by atoms with van der Waals surface area (Å²) in [6, 6.07) is 14.4. The lowest BCUT2D eigenvalue weighted by Crippen LogP contribution is -2.55. The summed E-state index contributed by atoms with van der Waals surface area (Å²) in [4.78, 5) is 29.7. The van der Waals surface area contributed by atoms with Crippen LogP contribution in [-0.2, 0) is 17.9 Å². The van der Waals surface area contributed by atoms with Crippen molar-refractivity contribution in [2.75, 3.05) is 34.2 Å². The summed E-state index contributed by atoms with van der Waals surface area (Å²) in [7, 11) is 2.96. The molecule has 2 amide bonds. The Bertz CT molecular complexity index is 1920. The van der Waals surface area contributed by atoms with Gasteiger partial charge in [0, 0.05) is 29.6 Å². The second-order valence-electron chi connectivity index (χ2n) is 11.6. The highest BCUT2D eigenvalue weighted by Crippen LogP contribution is 2.51. The Morgan fingerprint density at radius 1 is 0.979 bits per heavy atom. The molecule has 0 fully saturated rings. The first-order valence-electron chi connectivity index (χ1n) is 15.4. The van der Waals surface area contributed by atoms with Crippen LogP contribution in [0.4, 0.5) is 0 Å². The van der Waals surface area contributed by atoms with Gasteiger partial charge >= 0.3 is 0 Å². The van der Waals surface area contributed by atoms with Gasteiger partial charge in [0.2, 0.25) is 12.7 Å². The van der Waals surface area contributed by atoms with E-state index in [0.29, 0.717) is 56.4 Å². The van der Waals surface area contributed by atoms with Gasteiger partial charge in [-0.25, -0.2) is 0 Å². The van der Waals surface area contributed by atoms with Crippen LogP contribution in [0.15, 0.2) is 70.7 Å². The molecule has 13 heteroatoms. The van der Waals surface area contributed by atoms with Crippen molar-refractivity contribution in [2.45, 2.75) is 37.3 Å². The predicted molar refractivity (Wildman–Crippen MR) is 169 cm³/mol. The number of furan rings is 1. The van der Waals surface area contributed by atoms with Crippen molar-refractivity contribution in [3.8, 4) is 28.7 Å². The standard InChI is InChI=1S/C35H34N2O11/c1-43-25-5-3-4-20-13-28(47-31(20)25)35(42)37(15-18-6-7-24-26(11-18)46-17-45-24)23-14-22(34(41)36-8-9-38)29-21-10-19(16-39)12-27(44-2)32(21)48-33(29)30(23)40/h3-7,10-14,23,29-30,33,38-40H,8-9,15-17H2,1-2H3,(H,36,41)/t23-,29+,30+,33+/m1/s1. The first kappa shape index (κ1) is 31.4. The van der Waals surface area contributed by atoms with Crippen molar-refractivity contribution < 1.29 is 53.0 Å². The van der Waals surface area contributed by atoms with Crippen molar-refractivity contribution in [1.29, 1.82) is 0 Å². The maximum Gasteiger partial charge on any atom is 0.290 e. The maximum absolute atomic E-state index is 14.5. The first-order chi connectivity index (χ1) is 23.3. The van der Waals surface area contributed by atoms with E-state index in [2.05, 4.69) is 5.32 Å². The molecule has 4 N–H and O–H groups in total. The molecule has 4 atom stereocenters. The van der Waals surface area contributed by atoms with Gasteiger partial charge in [0.05, 0.1) is 39.4 Å². The zero-order chi connectivity index (χ0) is 33.5. The highest BCUT2D eigenvalue weighted by molar-refractivity contribution is 5.99. The molecular weight excluding hydrogens is 624 g/mol. The van der Waals surface area contributed by atoms with Crippen molar-refractivity contribution >= 4 is 22.8 Å². The molecule has 0 radical (unpaired) electrons. The lowest BCUT2D eigenvalue weighted by molar-refractivity contribution is -0.118. The Morgan fingerprint density at radius 3 is 2.56 bits per heavy atom. The molecule has 13 nitrogen and oxygen atoms in total. The quantitative estimate of drug-likeness (QED) is 0.198. The van der Waals surface area contributed by atoms with E-state index in [9.17, 15) is 24.9 Å². The smallest absolute Gasteiger partial charge is 0.290 e. The Kier molecular flexibility index (Phi) is 8.33. The van der Waals surface area contributed by atoms with Crippen LogP contribution in [0.5, 0.6) is 28.7 Å². The molecule has 0 spiro atoms. The second kappa shape index (κ2) is 12.8. The van der Waals surface area contributed by atoms with E-state index >= 15 is 0 Å². The lowest BCUT2D eigenvalue weighted by Gasteiger charge is -2.40. The molecule has 0 saturated carbocycles. The number of benzene rings is 3. The van der Waals surface area contributed by atoms with Gasteiger partial charge in [-0.15, -0.1) is 0 Å². The zero-order valence-electron chi connectivity index (χ0n) is 26.2. The van der Waals surface area contributed by atoms with Gasteiger partial charge in [0.1, 0.15) is 12.2 Å². The van der Waals surface area contributed by atoms with E-state index in [1.165, 1.54) is 19.1 Å². The number of hydrogen-bond acceptors (Lipinski definition) is 11. The molecule has 48 heavy (non-hydrogen) atoms. The van der Waals surface area contributed by atoms with E-state index in [0.717, 1.165) is 0 Å². The average molecular weight is 659 g/mol. The first-order valence-corrected chi connectivity index (χ1v) is 15.4. The maximum atomic E-state index is 14.5. The summed E-state index contributed by atoms with van der Waals surface area (Å²) in [6.45, 7) is -0.549. The highest BCUT2D eigenvalue weighted by atomic mass is 16.7. The molecule has 3 heterocycles. The van der Waals surface area contributed by atoms with E-state index < -0.39 is 36.0 Å². The number of rotatable bonds is 10. The summed E-state index contributed by atoms with van der Waals surface area (Å²) < 4.78 is 34.4. The number of amides is 2. The van der Waals surface area contributed by atoms with E-state index in [1.807, 2.05) is 0 Å². The van der Waals surface area contributed by atoms with Crippen LogP contribution in [0, 0.1) is 0 Å². The number of hydrogen-bond donors (Lipinski definition) is 4. The summed E-state index contributed by atoms with van der Waals surface area (Å²) in [5.74, 6) is 0.330. The number of nitrogens with zero attached hydrogens (tertiary/aromatic N) is 1. The Morgan fingerprint density at radius 2 is 1.79 bits per heavy atom. The number of methoxy groups -OCH3 is 2. The molecule has 3 aromatic carbocycles. The number of ether oxygens (including phenoxy) is 5. The van der Waals surface area contributed by atoms with Crippen molar-refractivity contribution in [3.05, 3.63) is 88.7 Å². The Hall–Kier alpha value is -5.24. The van der Waals surface area contributed by atoms with Crippen LogP contribution in [0.3, 0.4) is 0 Å². The van der Waals surface area contributed by atoms with Crippen LogP contribution in [0.2, 0.25) is 0 Å². The molecular formula is C35H34N2O11. The summed E-state index contributed by atoms with van der Waals surface area (Å²) in [5.41, 5.74) is 2.34. The number of para-hydroxylation sites is 1. The molecule has 7 rings (SSSR count). The SMILES string of the molecule is COc1cc(CO)cc2c1O[C@@H]1[C@@H](O)[C@H](N(Cc3ccc4c(c3)OCO4)C(=O)c3cc4cccc(OC)c4o3)C=C(C(=O)NCCO)[C@H]21. The number of aliphatic hydroxyl groups is 3. The molecule has 1 aliphatic carbocycles. The monoisotopic (exact) mass is 658 g/mol. The summed E-state index contributed by atoms with van der Waals surface area (Å²) in [6.07, 6.45) is -0.796. The largest absolute Gasteiger partial charge is 0.493 e. The highest BCUT2D eigenvalue weighted by Gasteiger charge is 2.51. The van der Waals surface area contributed by atoms with Gasteiger partial charge in [-0.05, 0) is 53.6 Å². The molecule has 1 aromatic heterocycles. The van der Waals surface area contributed by atoms with Crippen molar-refractivity contribution in [2.24, 2.45) is 0 Å². The van der Waals surface area contributed by atoms with Gasteiger partial charge in [-0.3, -0.25) is 9.59 Å². The molecule has 0 unspecified atom stereocenters. The molecule has 0 saturated heterocycles. The third-order valence-corrected chi connectivity index (χ3v) is 8.84. The van der Waals surface area contributed by atoms with Crippen LogP contribution >= 0.6 is 0 Å². The summed E-state index contributed by atoms with van der Waals surface area (Å²) >= 11 is 0. The predicted octanol–water partition coefficient (Wildman–Crippen LogP) is 2.64. The lowest BCUT2D eigenvalue weighted by atomic mass is 9.77. The molecule has 2 aliphatic heterocycles. The van der Waals surface area contributed by atoms with Gasteiger partial charge < -0.3 is 53.6 Å². The molecule has 4 aromatic rings. The number of aliphatic hydroxyl groups excluding tert-OH is 3. The fourth-order valence-electron chi connectivity index (χ4n) is 6.61. The van der Waals surface area contributed by atoms with E-state index in [4.69, 9.17) is 28.1 Å². The number of carbonyl (C=O) groups is 2. The third kappa shape index (κ3) is 5.35. The summed E-state index contributed by atoms with van der Waals surface area (Å²) in [5, 5.41) is 34.8. The normalized spacial score (nSPS) is 20.4. The van der Waals surface area contributed by atoms with Crippen LogP contribution in [0.1, 0.15) is 33.2 Å². The van der Waals surface area contributed by atoms with Crippen molar-refractivity contribution in [3.63, 3.8) is 0 Å². The minimum absolute atomic E-state index is 0.00543. The number of carbonyl (C=O) groups excluding carboxylic acids is 2. The van der Waals surface area contributed by atoms with Crippen LogP contribution in [0.25, 0.3) is 11.0 Å². The van der Waals surface area contributed by atoms with E-state index in [1.54, 1.807) is 60.7 Å². The van der Waals surface area contributed by atoms with Gasteiger partial charge in [0.15, 0.2) is 40.1 Å². The second-order valence-corrected chi connectivity index (χ2v) is 11.6. The Labute approximate surface area is 274 Å². The van der Waals surface area contributed by atoms with Gasteiger partial charge in [-0.2, -0.15) is 0 Å². The molecule has 0 bridgehead atoms. The molecule has 3 aliphatic rings. The third-order valence-electron chi connectivity index (χ3n) is 8.84. The zero-order valence-corrected chi connectivity index (χ0v) is 26.2. The van der Waals surface area contributed by atoms with Crippen LogP contribution in [-0.4, -0.2) is 84.4 Å². The molecule has 250 valence electrons. The Balaban J connectivity index is 1.35. The fourth-order valence-corrected chi connectivity index (χ4v) is 6.61. The minimum atomic E-state index is -1.34. The van der Waals surface area contributed by atoms with E-state index in [-0.39, 0.29) is 44.4 Å². The topological polar surface area (TPSA) is 169 Å². The van der Waals surface area contributed by atoms with Crippen LogP contribution < -0.4 is 29.0 Å². The minimum Gasteiger partial charge on any atom is -0.493 e. The van der Waals surface area contributed by atoms with Gasteiger partial charge in [-0.1, -0.05) is 18.2 Å². The van der Waals surface area contributed by atoms with Gasteiger partial charge in [0.25, 0.3) is 5.91 Å². The number of nitrogens with one attached hydrogen (secondary N) is 1.